The lowest BCUT2D eigenvalue weighted by Crippen LogP contribution is -2.59. The second-order valence-electron chi connectivity index (χ2n) is 5.50. The highest BCUT2D eigenvalue weighted by atomic mass is 16.5. The van der Waals surface area contributed by atoms with Gasteiger partial charge >= 0.3 is 0 Å². The van der Waals surface area contributed by atoms with Crippen molar-refractivity contribution < 1.29 is 14.6 Å². The summed E-state index contributed by atoms with van der Waals surface area (Å²) in [7, 11) is 0. The average molecular weight is 257 g/mol. The van der Waals surface area contributed by atoms with Crippen molar-refractivity contribution in [3.05, 3.63) is 0 Å². The average Bonchev–Trinajstić information content (AvgIpc) is 2.90. The van der Waals surface area contributed by atoms with Gasteiger partial charge < -0.3 is 14.6 Å². The lowest BCUT2D eigenvalue weighted by atomic mass is 9.88. The first kappa shape index (κ1) is 14.3. The molecule has 1 atom stereocenters. The molecule has 0 radical (unpaired) electrons. The Balaban J connectivity index is 1.96. The lowest BCUT2D eigenvalue weighted by molar-refractivity contribution is -0.0992. The van der Waals surface area contributed by atoms with E-state index in [2.05, 4.69) is 11.8 Å². The summed E-state index contributed by atoms with van der Waals surface area (Å²) in [4.78, 5) is 2.45. The van der Waals surface area contributed by atoms with E-state index >= 15 is 0 Å². The molecule has 106 valence electrons. The van der Waals surface area contributed by atoms with E-state index in [4.69, 9.17) is 9.47 Å². The van der Waals surface area contributed by atoms with Gasteiger partial charge in [0.2, 0.25) is 0 Å². The van der Waals surface area contributed by atoms with E-state index in [1.807, 2.05) is 0 Å². The van der Waals surface area contributed by atoms with Crippen molar-refractivity contribution in [2.75, 3.05) is 39.5 Å². The van der Waals surface area contributed by atoms with Crippen molar-refractivity contribution in [1.29, 1.82) is 0 Å². The fourth-order valence-electron chi connectivity index (χ4n) is 3.35. The maximum Gasteiger partial charge on any atom is 0.0956 e. The summed E-state index contributed by atoms with van der Waals surface area (Å²) in [5.74, 6) is 0. The molecule has 1 aliphatic heterocycles. The second-order valence-corrected chi connectivity index (χ2v) is 5.50. The first-order chi connectivity index (χ1) is 8.79. The van der Waals surface area contributed by atoms with Gasteiger partial charge in [-0.15, -0.1) is 0 Å². The van der Waals surface area contributed by atoms with Crippen LogP contribution in [0.15, 0.2) is 0 Å². The molecule has 1 heterocycles. The van der Waals surface area contributed by atoms with Crippen LogP contribution >= 0.6 is 0 Å². The van der Waals surface area contributed by atoms with Gasteiger partial charge in [0, 0.05) is 25.2 Å². The number of hydrogen-bond acceptors (Lipinski definition) is 4. The summed E-state index contributed by atoms with van der Waals surface area (Å²) in [6.45, 7) is 6.81. The molecule has 1 N–H and O–H groups in total. The quantitative estimate of drug-likeness (QED) is 0.731. The Bertz CT molecular complexity index is 235. The monoisotopic (exact) mass is 257 g/mol. The molecule has 2 rings (SSSR count). The Morgan fingerprint density at radius 1 is 1.28 bits per heavy atom. The number of aliphatic hydroxyl groups is 1. The Morgan fingerprint density at radius 2 is 1.94 bits per heavy atom. The van der Waals surface area contributed by atoms with Crippen LogP contribution in [0.2, 0.25) is 0 Å². The Kier molecular flexibility index (Phi) is 5.42. The van der Waals surface area contributed by atoms with E-state index in [0.29, 0.717) is 6.61 Å². The van der Waals surface area contributed by atoms with Crippen molar-refractivity contribution in [3.8, 4) is 0 Å². The fraction of sp³-hybridized carbons (Fsp3) is 1.00. The van der Waals surface area contributed by atoms with Crippen LogP contribution in [0.3, 0.4) is 0 Å². The number of ether oxygens (including phenoxy) is 2. The van der Waals surface area contributed by atoms with Crippen molar-refractivity contribution in [3.63, 3.8) is 0 Å². The standard InChI is InChI=1S/C14H27NO3/c1-2-9-18-12-13(16)14(5-3-4-6-14)15-7-10-17-11-8-15/h13,16H,2-12H2,1H3. The predicted molar refractivity (Wildman–Crippen MR) is 70.7 cm³/mol. The number of morpholine rings is 1. The van der Waals surface area contributed by atoms with Crippen LogP contribution in [0.5, 0.6) is 0 Å². The zero-order valence-corrected chi connectivity index (χ0v) is 11.6. The third-order valence-corrected chi connectivity index (χ3v) is 4.35. The van der Waals surface area contributed by atoms with Crippen molar-refractivity contribution >= 4 is 0 Å². The van der Waals surface area contributed by atoms with Gasteiger partial charge in [0.1, 0.15) is 0 Å². The first-order valence-corrected chi connectivity index (χ1v) is 7.38. The van der Waals surface area contributed by atoms with Gasteiger partial charge in [-0.2, -0.15) is 0 Å². The van der Waals surface area contributed by atoms with Crippen LogP contribution < -0.4 is 0 Å². The van der Waals surface area contributed by atoms with Crippen molar-refractivity contribution in [2.24, 2.45) is 0 Å². The zero-order valence-electron chi connectivity index (χ0n) is 11.6. The van der Waals surface area contributed by atoms with Crippen LogP contribution in [-0.4, -0.2) is 61.2 Å². The minimum atomic E-state index is -0.357. The highest BCUT2D eigenvalue weighted by molar-refractivity contribution is 5.01. The molecular formula is C14H27NO3. The molecule has 0 aromatic rings. The summed E-state index contributed by atoms with van der Waals surface area (Å²) in [5.41, 5.74) is -0.0441. The summed E-state index contributed by atoms with van der Waals surface area (Å²) in [6, 6.07) is 0. The van der Waals surface area contributed by atoms with Crippen molar-refractivity contribution in [1.82, 2.24) is 4.90 Å². The molecule has 0 aromatic heterocycles. The first-order valence-electron chi connectivity index (χ1n) is 7.38. The van der Waals surface area contributed by atoms with E-state index in [9.17, 15) is 5.11 Å². The molecule has 2 aliphatic rings. The topological polar surface area (TPSA) is 41.9 Å². The molecule has 1 aliphatic carbocycles. The normalized spacial score (nSPS) is 26.3. The van der Waals surface area contributed by atoms with Crippen LogP contribution in [0.25, 0.3) is 0 Å². The third-order valence-electron chi connectivity index (χ3n) is 4.35. The van der Waals surface area contributed by atoms with Crippen LogP contribution in [0, 0.1) is 0 Å². The molecule has 2 fully saturated rings. The van der Waals surface area contributed by atoms with E-state index in [1.54, 1.807) is 0 Å². The minimum Gasteiger partial charge on any atom is -0.389 e. The van der Waals surface area contributed by atoms with Crippen LogP contribution in [0.1, 0.15) is 39.0 Å². The van der Waals surface area contributed by atoms with Gasteiger partial charge in [0.05, 0.1) is 25.9 Å². The summed E-state index contributed by atoms with van der Waals surface area (Å²) >= 11 is 0. The molecule has 0 aromatic carbocycles. The lowest BCUT2D eigenvalue weighted by Gasteiger charge is -2.46. The van der Waals surface area contributed by atoms with Gasteiger partial charge in [-0.1, -0.05) is 19.8 Å². The highest BCUT2D eigenvalue weighted by Crippen LogP contribution is 2.38. The summed E-state index contributed by atoms with van der Waals surface area (Å²) < 4.78 is 11.0. The van der Waals surface area contributed by atoms with Crippen LogP contribution in [-0.2, 0) is 9.47 Å². The van der Waals surface area contributed by atoms with Gasteiger partial charge in [-0.3, -0.25) is 4.90 Å². The maximum absolute atomic E-state index is 10.6. The molecule has 0 spiro atoms. The summed E-state index contributed by atoms with van der Waals surface area (Å²) in [6.07, 6.45) is 5.30. The van der Waals surface area contributed by atoms with Gasteiger partial charge in [-0.05, 0) is 19.3 Å². The molecule has 1 saturated carbocycles. The minimum absolute atomic E-state index is 0.0441. The number of aliphatic hydroxyl groups excluding tert-OH is 1. The molecule has 18 heavy (non-hydrogen) atoms. The van der Waals surface area contributed by atoms with Gasteiger partial charge in [0.25, 0.3) is 0 Å². The molecule has 0 amide bonds. The largest absolute Gasteiger partial charge is 0.389 e. The highest BCUT2D eigenvalue weighted by Gasteiger charge is 2.45. The number of rotatable bonds is 6. The van der Waals surface area contributed by atoms with Gasteiger partial charge in [-0.25, -0.2) is 0 Å². The molecule has 4 nitrogen and oxygen atoms in total. The van der Waals surface area contributed by atoms with Gasteiger partial charge in [0.15, 0.2) is 0 Å². The molecular weight excluding hydrogens is 230 g/mol. The molecule has 1 unspecified atom stereocenters. The zero-order chi connectivity index (χ0) is 12.8. The smallest absolute Gasteiger partial charge is 0.0956 e. The number of nitrogens with zero attached hydrogens (tertiary/aromatic N) is 1. The van der Waals surface area contributed by atoms with E-state index in [-0.39, 0.29) is 11.6 Å². The molecule has 0 bridgehead atoms. The molecule has 1 saturated heterocycles. The van der Waals surface area contributed by atoms with E-state index < -0.39 is 0 Å². The predicted octanol–water partition coefficient (Wildman–Crippen LogP) is 1.42. The van der Waals surface area contributed by atoms with Crippen LogP contribution in [0.4, 0.5) is 0 Å². The fourth-order valence-corrected chi connectivity index (χ4v) is 3.35. The van der Waals surface area contributed by atoms with Crippen molar-refractivity contribution in [2.45, 2.75) is 50.7 Å². The Hall–Kier alpha value is -0.160. The maximum atomic E-state index is 10.6. The summed E-state index contributed by atoms with van der Waals surface area (Å²) in [5, 5.41) is 10.6. The molecule has 4 heteroatoms. The third kappa shape index (κ3) is 3.05. The van der Waals surface area contributed by atoms with E-state index in [0.717, 1.165) is 52.2 Å². The van der Waals surface area contributed by atoms with E-state index in [1.165, 1.54) is 12.8 Å². The SMILES string of the molecule is CCCOCC(O)C1(N2CCOCC2)CCCC1. The Morgan fingerprint density at radius 3 is 2.56 bits per heavy atom. The second kappa shape index (κ2) is 6.85. The Labute approximate surface area is 110 Å². The number of hydrogen-bond donors (Lipinski definition) is 1.